The minimum Gasteiger partial charge on any atom is -0.242 e. The molecule has 0 amide bonds. The zero-order valence-electron chi connectivity index (χ0n) is 6.92. The number of pyridine rings is 1. The number of primary sulfonamides is 1. The molecular weight excluding hydrogens is 301 g/mol. The summed E-state index contributed by atoms with van der Waals surface area (Å²) in [5.41, 5.74) is -0.991. The second-order valence-corrected chi connectivity index (χ2v) is 4.76. The van der Waals surface area contributed by atoms with Crippen LogP contribution in [-0.4, -0.2) is 13.4 Å². The molecule has 0 atom stereocenters. The Morgan fingerprint density at radius 3 is 2.40 bits per heavy atom. The maximum atomic E-state index is 13.2. The molecule has 9 heteroatoms. The highest BCUT2D eigenvalue weighted by molar-refractivity contribution is 9.10. The van der Waals surface area contributed by atoms with E-state index < -0.39 is 37.3 Å². The number of nitrogens with zero attached hydrogens (tertiary/aromatic N) is 1. The molecule has 0 saturated carbocycles. The number of hydrogen-bond donors (Lipinski definition) is 1. The topological polar surface area (TPSA) is 73.1 Å². The normalized spacial score (nSPS) is 12.1. The average Bonchev–Trinajstić information content (AvgIpc) is 2.06. The van der Waals surface area contributed by atoms with Crippen LogP contribution in [0.3, 0.4) is 0 Å². The van der Waals surface area contributed by atoms with Crippen molar-refractivity contribution in [2.24, 2.45) is 5.14 Å². The van der Waals surface area contributed by atoms with E-state index in [9.17, 15) is 21.6 Å². The van der Waals surface area contributed by atoms with Crippen LogP contribution in [0.1, 0.15) is 12.0 Å². The van der Waals surface area contributed by atoms with Gasteiger partial charge in [0.15, 0.2) is 10.8 Å². The summed E-state index contributed by atoms with van der Waals surface area (Å²) in [4.78, 5) is 3.15. The first-order valence-corrected chi connectivity index (χ1v) is 5.74. The molecule has 0 aliphatic carbocycles. The van der Waals surface area contributed by atoms with Gasteiger partial charge in [0.2, 0.25) is 0 Å². The second-order valence-electron chi connectivity index (χ2n) is 2.49. The maximum absolute atomic E-state index is 13.2. The maximum Gasteiger partial charge on any atom is 0.268 e. The first-order chi connectivity index (χ1) is 6.75. The Morgan fingerprint density at radius 1 is 1.47 bits per heavy atom. The van der Waals surface area contributed by atoms with E-state index in [0.717, 1.165) is 0 Å². The second kappa shape index (κ2) is 4.06. The molecule has 0 unspecified atom stereocenters. The molecule has 15 heavy (non-hydrogen) atoms. The lowest BCUT2D eigenvalue weighted by atomic mass is 10.3. The van der Waals surface area contributed by atoms with Gasteiger partial charge in [0.05, 0.1) is 10.0 Å². The molecule has 1 heterocycles. The molecule has 0 saturated heterocycles. The van der Waals surface area contributed by atoms with Gasteiger partial charge in [-0.25, -0.2) is 31.7 Å². The third kappa shape index (κ3) is 2.47. The van der Waals surface area contributed by atoms with Crippen LogP contribution in [0.5, 0.6) is 0 Å². The number of rotatable bonds is 2. The molecule has 84 valence electrons. The van der Waals surface area contributed by atoms with E-state index in [1.807, 2.05) is 0 Å². The fourth-order valence-corrected chi connectivity index (χ4v) is 2.36. The summed E-state index contributed by atoms with van der Waals surface area (Å²) < 4.78 is 58.4. The lowest BCUT2D eigenvalue weighted by Crippen LogP contribution is -2.16. The minimum atomic E-state index is -4.24. The van der Waals surface area contributed by atoms with Gasteiger partial charge in [-0.1, -0.05) is 0 Å². The van der Waals surface area contributed by atoms with E-state index in [4.69, 9.17) is 0 Å². The molecule has 0 aliphatic rings. The van der Waals surface area contributed by atoms with Crippen LogP contribution in [0.2, 0.25) is 0 Å². The summed E-state index contributed by atoms with van der Waals surface area (Å²) in [5, 5.41) is 3.86. The van der Waals surface area contributed by atoms with Crippen molar-refractivity contribution in [1.29, 1.82) is 0 Å². The molecule has 0 bridgehead atoms. The van der Waals surface area contributed by atoms with Gasteiger partial charge in [0.25, 0.3) is 16.4 Å². The first-order valence-electron chi connectivity index (χ1n) is 3.40. The number of aromatic nitrogens is 1. The number of nitrogens with two attached hydrogens (primary N) is 1. The predicted molar refractivity (Wildman–Crippen MR) is 48.2 cm³/mol. The molecule has 1 rings (SSSR count). The lowest BCUT2D eigenvalue weighted by molar-refractivity contribution is 0.145. The van der Waals surface area contributed by atoms with E-state index in [-0.39, 0.29) is 0 Å². The SMILES string of the molecule is NS(=O)(=O)c1ncc(C(F)F)c(F)c1Br. The summed E-state index contributed by atoms with van der Waals surface area (Å²) in [6.45, 7) is 0. The summed E-state index contributed by atoms with van der Waals surface area (Å²) >= 11 is 2.51. The van der Waals surface area contributed by atoms with Crippen molar-refractivity contribution in [3.63, 3.8) is 0 Å². The van der Waals surface area contributed by atoms with E-state index in [1.165, 1.54) is 0 Å². The first kappa shape index (κ1) is 12.4. The van der Waals surface area contributed by atoms with Gasteiger partial charge in [0.1, 0.15) is 0 Å². The van der Waals surface area contributed by atoms with Gasteiger partial charge in [-0.15, -0.1) is 0 Å². The molecule has 0 fully saturated rings. The third-order valence-corrected chi connectivity index (χ3v) is 3.29. The van der Waals surface area contributed by atoms with Crippen molar-refractivity contribution in [1.82, 2.24) is 4.98 Å². The molecule has 1 aromatic heterocycles. The third-order valence-electron chi connectivity index (χ3n) is 1.46. The molecule has 0 aromatic carbocycles. The summed E-state index contributed by atoms with van der Waals surface area (Å²) in [6, 6.07) is 0. The van der Waals surface area contributed by atoms with Crippen LogP contribution in [0.15, 0.2) is 15.7 Å². The minimum absolute atomic E-state index is 0.435. The highest BCUT2D eigenvalue weighted by Crippen LogP contribution is 2.29. The van der Waals surface area contributed by atoms with Crippen molar-refractivity contribution in [3.05, 3.63) is 22.1 Å². The Bertz CT molecular complexity index is 491. The molecular formula is C6H4BrF3N2O2S. The fourth-order valence-electron chi connectivity index (χ4n) is 0.813. The van der Waals surface area contributed by atoms with Gasteiger partial charge in [-0.3, -0.25) is 0 Å². The van der Waals surface area contributed by atoms with E-state index in [0.29, 0.717) is 6.20 Å². The Hall–Kier alpha value is -0.670. The Balaban J connectivity index is 3.48. The quantitative estimate of drug-likeness (QED) is 0.901. The van der Waals surface area contributed by atoms with Crippen molar-refractivity contribution in [2.45, 2.75) is 11.5 Å². The fraction of sp³-hybridized carbons (Fsp3) is 0.167. The monoisotopic (exact) mass is 304 g/mol. The van der Waals surface area contributed by atoms with Crippen molar-refractivity contribution >= 4 is 26.0 Å². The smallest absolute Gasteiger partial charge is 0.242 e. The van der Waals surface area contributed by atoms with Crippen LogP contribution in [0, 0.1) is 5.82 Å². The van der Waals surface area contributed by atoms with Gasteiger partial charge in [-0.05, 0) is 15.9 Å². The Labute approximate surface area is 91.5 Å². The van der Waals surface area contributed by atoms with Gasteiger partial charge in [0, 0.05) is 6.20 Å². The van der Waals surface area contributed by atoms with Crippen LogP contribution >= 0.6 is 15.9 Å². The largest absolute Gasteiger partial charge is 0.268 e. The van der Waals surface area contributed by atoms with Crippen molar-refractivity contribution in [2.75, 3.05) is 0 Å². The molecule has 4 nitrogen and oxygen atoms in total. The molecule has 1 aromatic rings. The molecule has 2 N–H and O–H groups in total. The highest BCUT2D eigenvalue weighted by atomic mass is 79.9. The zero-order valence-corrected chi connectivity index (χ0v) is 9.32. The number of alkyl halides is 2. The summed E-state index contributed by atoms with van der Waals surface area (Å²) in [6.07, 6.45) is -2.65. The van der Waals surface area contributed by atoms with Crippen LogP contribution in [-0.2, 0) is 10.0 Å². The standard InChI is InChI=1S/C6H4BrF3N2O2S/c7-3-4(8)2(5(9)10)1-12-6(3)15(11,13)14/h1,5H,(H2,11,13,14). The van der Waals surface area contributed by atoms with E-state index in [2.05, 4.69) is 26.1 Å². The van der Waals surface area contributed by atoms with Crippen molar-refractivity contribution in [3.8, 4) is 0 Å². The number of sulfonamides is 1. The van der Waals surface area contributed by atoms with Crippen LogP contribution < -0.4 is 5.14 Å². The Morgan fingerprint density at radius 2 is 2.00 bits per heavy atom. The van der Waals surface area contributed by atoms with Gasteiger partial charge >= 0.3 is 0 Å². The lowest BCUT2D eigenvalue weighted by Gasteiger charge is -2.06. The van der Waals surface area contributed by atoms with Crippen LogP contribution in [0.25, 0.3) is 0 Å². The predicted octanol–water partition coefficient (Wildman–Crippen LogP) is 1.57. The van der Waals surface area contributed by atoms with E-state index >= 15 is 0 Å². The van der Waals surface area contributed by atoms with Crippen molar-refractivity contribution < 1.29 is 21.6 Å². The summed E-state index contributed by atoms with van der Waals surface area (Å²) in [5.74, 6) is -1.39. The van der Waals surface area contributed by atoms with Gasteiger partial charge < -0.3 is 0 Å². The molecule has 0 spiro atoms. The van der Waals surface area contributed by atoms with Crippen LogP contribution in [0.4, 0.5) is 13.2 Å². The van der Waals surface area contributed by atoms with E-state index in [1.54, 1.807) is 0 Å². The molecule has 0 aliphatic heterocycles. The average molecular weight is 305 g/mol. The Kier molecular flexibility index (Phi) is 3.36. The highest BCUT2D eigenvalue weighted by Gasteiger charge is 2.23. The molecule has 0 radical (unpaired) electrons. The summed E-state index contributed by atoms with van der Waals surface area (Å²) in [7, 11) is -4.24. The number of hydrogen-bond acceptors (Lipinski definition) is 3. The number of halogens is 4. The zero-order chi connectivity index (χ0) is 11.8. The van der Waals surface area contributed by atoms with Gasteiger partial charge in [-0.2, -0.15) is 0 Å².